The highest BCUT2D eigenvalue weighted by Gasteiger charge is 2.17. The van der Waals surface area contributed by atoms with E-state index < -0.39 is 5.97 Å². The number of anilines is 1. The fourth-order valence-corrected chi connectivity index (χ4v) is 3.36. The SMILES string of the molecule is CCOC(=O)c1sc(NC(=O)CCCOc2ccc(Cl)cc2Cl)nc1C. The molecule has 2 rings (SSSR count). The second-order valence-electron chi connectivity index (χ2n) is 5.23. The number of amides is 1. The third-order valence-corrected chi connectivity index (χ3v) is 4.79. The van der Waals surface area contributed by atoms with Crippen molar-refractivity contribution in [1.29, 1.82) is 0 Å². The number of nitrogens with one attached hydrogen (secondary N) is 1. The topological polar surface area (TPSA) is 77.5 Å². The zero-order chi connectivity index (χ0) is 19.1. The van der Waals surface area contributed by atoms with E-state index in [1.807, 2.05) is 0 Å². The maximum absolute atomic E-state index is 12.0. The summed E-state index contributed by atoms with van der Waals surface area (Å²) in [5.74, 6) is -0.123. The third kappa shape index (κ3) is 5.86. The van der Waals surface area contributed by atoms with E-state index in [2.05, 4.69) is 10.3 Å². The lowest BCUT2D eigenvalue weighted by Gasteiger charge is -2.08. The molecule has 1 aromatic heterocycles. The number of aromatic nitrogens is 1. The van der Waals surface area contributed by atoms with Crippen molar-refractivity contribution in [3.8, 4) is 5.75 Å². The molecule has 0 unspecified atom stereocenters. The van der Waals surface area contributed by atoms with Gasteiger partial charge < -0.3 is 14.8 Å². The van der Waals surface area contributed by atoms with Crippen LogP contribution in [0.15, 0.2) is 18.2 Å². The van der Waals surface area contributed by atoms with Crippen LogP contribution in [0.2, 0.25) is 10.0 Å². The predicted octanol–water partition coefficient (Wildman–Crippen LogP) is 4.73. The van der Waals surface area contributed by atoms with Crippen molar-refractivity contribution in [1.82, 2.24) is 4.98 Å². The molecule has 0 aliphatic heterocycles. The first-order valence-electron chi connectivity index (χ1n) is 7.93. The standard InChI is InChI=1S/C17H18Cl2N2O4S/c1-3-24-16(23)15-10(2)20-17(26-15)21-14(22)5-4-8-25-13-7-6-11(18)9-12(13)19/h6-7,9H,3-5,8H2,1-2H3,(H,20,21,22). The lowest BCUT2D eigenvalue weighted by Crippen LogP contribution is -2.12. The summed E-state index contributed by atoms with van der Waals surface area (Å²) in [5.41, 5.74) is 0.532. The molecule has 0 atom stereocenters. The van der Waals surface area contributed by atoms with Crippen molar-refractivity contribution in [2.75, 3.05) is 18.5 Å². The molecular weight excluding hydrogens is 399 g/mol. The summed E-state index contributed by atoms with van der Waals surface area (Å²) >= 11 is 12.9. The van der Waals surface area contributed by atoms with Gasteiger partial charge in [-0.1, -0.05) is 34.5 Å². The van der Waals surface area contributed by atoms with Crippen LogP contribution < -0.4 is 10.1 Å². The summed E-state index contributed by atoms with van der Waals surface area (Å²) in [6.07, 6.45) is 0.748. The minimum absolute atomic E-state index is 0.208. The molecule has 0 aliphatic rings. The van der Waals surface area contributed by atoms with Gasteiger partial charge in [0.05, 0.1) is 23.9 Å². The molecule has 1 heterocycles. The second-order valence-corrected chi connectivity index (χ2v) is 7.07. The number of nitrogens with zero attached hydrogens (tertiary/aromatic N) is 1. The molecule has 0 aliphatic carbocycles. The molecule has 0 saturated carbocycles. The first-order valence-corrected chi connectivity index (χ1v) is 9.50. The van der Waals surface area contributed by atoms with Crippen LogP contribution >= 0.6 is 34.5 Å². The molecule has 1 aromatic carbocycles. The Labute approximate surface area is 165 Å². The van der Waals surface area contributed by atoms with Crippen molar-refractivity contribution in [3.63, 3.8) is 0 Å². The van der Waals surface area contributed by atoms with Crippen molar-refractivity contribution < 1.29 is 19.1 Å². The number of esters is 1. The van der Waals surface area contributed by atoms with Crippen LogP contribution in [0, 0.1) is 6.92 Å². The fraction of sp³-hybridized carbons (Fsp3) is 0.353. The molecule has 9 heteroatoms. The number of aryl methyl sites for hydroxylation is 1. The molecule has 140 valence electrons. The van der Waals surface area contributed by atoms with E-state index >= 15 is 0 Å². The summed E-state index contributed by atoms with van der Waals surface area (Å²) < 4.78 is 10.5. The molecule has 0 bridgehead atoms. The Bertz CT molecular complexity index is 795. The van der Waals surface area contributed by atoms with Gasteiger partial charge >= 0.3 is 5.97 Å². The minimum Gasteiger partial charge on any atom is -0.492 e. The normalized spacial score (nSPS) is 10.5. The monoisotopic (exact) mass is 416 g/mol. The van der Waals surface area contributed by atoms with Gasteiger partial charge in [-0.05, 0) is 38.5 Å². The maximum atomic E-state index is 12.0. The average Bonchev–Trinajstić information content (AvgIpc) is 2.93. The zero-order valence-electron chi connectivity index (χ0n) is 14.3. The summed E-state index contributed by atoms with van der Waals surface area (Å²) in [6.45, 7) is 4.05. The second kappa shape index (κ2) is 9.75. The summed E-state index contributed by atoms with van der Waals surface area (Å²) in [6, 6.07) is 4.96. The van der Waals surface area contributed by atoms with E-state index in [0.29, 0.717) is 44.5 Å². The highest BCUT2D eigenvalue weighted by molar-refractivity contribution is 7.17. The van der Waals surface area contributed by atoms with Gasteiger partial charge in [0.2, 0.25) is 5.91 Å². The summed E-state index contributed by atoms with van der Waals surface area (Å²) in [4.78, 5) is 28.3. The number of benzene rings is 1. The molecule has 26 heavy (non-hydrogen) atoms. The third-order valence-electron chi connectivity index (χ3n) is 3.20. The number of hydrogen-bond acceptors (Lipinski definition) is 6. The Balaban J connectivity index is 1.78. The van der Waals surface area contributed by atoms with Crippen LogP contribution in [0.5, 0.6) is 5.75 Å². The molecule has 0 fully saturated rings. The predicted molar refractivity (Wildman–Crippen MR) is 103 cm³/mol. The smallest absolute Gasteiger partial charge is 0.350 e. The number of rotatable bonds is 8. The highest BCUT2D eigenvalue weighted by atomic mass is 35.5. The maximum Gasteiger partial charge on any atom is 0.350 e. The average molecular weight is 417 g/mol. The van der Waals surface area contributed by atoms with Gasteiger partial charge in [-0.15, -0.1) is 0 Å². The van der Waals surface area contributed by atoms with Gasteiger partial charge in [-0.3, -0.25) is 4.79 Å². The van der Waals surface area contributed by atoms with Crippen molar-refractivity contribution in [2.24, 2.45) is 0 Å². The Kier molecular flexibility index (Phi) is 7.68. The first-order chi connectivity index (χ1) is 12.4. The Morgan fingerprint density at radius 3 is 2.77 bits per heavy atom. The van der Waals surface area contributed by atoms with Gasteiger partial charge in [0, 0.05) is 11.4 Å². The molecule has 0 saturated heterocycles. The van der Waals surface area contributed by atoms with Crippen LogP contribution in [0.1, 0.15) is 35.1 Å². The number of hydrogen-bond donors (Lipinski definition) is 1. The largest absolute Gasteiger partial charge is 0.492 e. The van der Waals surface area contributed by atoms with E-state index in [-0.39, 0.29) is 18.9 Å². The van der Waals surface area contributed by atoms with E-state index in [1.165, 1.54) is 0 Å². The van der Waals surface area contributed by atoms with Crippen LogP contribution in [0.4, 0.5) is 5.13 Å². The van der Waals surface area contributed by atoms with E-state index in [1.54, 1.807) is 32.0 Å². The number of halogens is 2. The lowest BCUT2D eigenvalue weighted by atomic mass is 10.3. The number of ether oxygens (including phenoxy) is 2. The molecule has 2 aromatic rings. The quantitative estimate of drug-likeness (QED) is 0.496. The zero-order valence-corrected chi connectivity index (χ0v) is 16.6. The molecular formula is C17H18Cl2N2O4S. The molecule has 0 radical (unpaired) electrons. The Morgan fingerprint density at radius 2 is 2.08 bits per heavy atom. The van der Waals surface area contributed by atoms with Gasteiger partial charge in [0.15, 0.2) is 5.13 Å². The number of carbonyl (C=O) groups is 2. The van der Waals surface area contributed by atoms with Gasteiger partial charge in [-0.2, -0.15) is 0 Å². The first kappa shape index (κ1) is 20.5. The van der Waals surface area contributed by atoms with Gasteiger partial charge in [-0.25, -0.2) is 9.78 Å². The van der Waals surface area contributed by atoms with Crippen molar-refractivity contribution >= 4 is 51.5 Å². The van der Waals surface area contributed by atoms with Crippen LogP contribution in [-0.4, -0.2) is 30.1 Å². The number of thiazole rings is 1. The number of carbonyl (C=O) groups excluding carboxylic acids is 2. The highest BCUT2D eigenvalue weighted by Crippen LogP contribution is 2.27. The summed E-state index contributed by atoms with van der Waals surface area (Å²) in [7, 11) is 0. The van der Waals surface area contributed by atoms with Crippen molar-refractivity contribution in [3.05, 3.63) is 38.8 Å². The Morgan fingerprint density at radius 1 is 1.31 bits per heavy atom. The van der Waals surface area contributed by atoms with E-state index in [0.717, 1.165) is 11.3 Å². The van der Waals surface area contributed by atoms with E-state index in [4.69, 9.17) is 32.7 Å². The Hall–Kier alpha value is -1.83. The van der Waals surface area contributed by atoms with Gasteiger partial charge in [0.25, 0.3) is 0 Å². The molecule has 1 N–H and O–H groups in total. The lowest BCUT2D eigenvalue weighted by molar-refractivity contribution is -0.116. The van der Waals surface area contributed by atoms with Crippen molar-refractivity contribution in [2.45, 2.75) is 26.7 Å². The fourth-order valence-electron chi connectivity index (χ4n) is 2.02. The van der Waals surface area contributed by atoms with Crippen LogP contribution in [0.25, 0.3) is 0 Å². The minimum atomic E-state index is -0.434. The molecule has 1 amide bonds. The summed E-state index contributed by atoms with van der Waals surface area (Å²) in [5, 5.41) is 4.00. The van der Waals surface area contributed by atoms with Crippen LogP contribution in [-0.2, 0) is 9.53 Å². The van der Waals surface area contributed by atoms with E-state index in [9.17, 15) is 9.59 Å². The molecule has 0 spiro atoms. The van der Waals surface area contributed by atoms with Crippen LogP contribution in [0.3, 0.4) is 0 Å². The molecule has 6 nitrogen and oxygen atoms in total. The van der Waals surface area contributed by atoms with Gasteiger partial charge in [0.1, 0.15) is 10.6 Å².